The van der Waals surface area contributed by atoms with E-state index in [-0.39, 0.29) is 18.4 Å². The lowest BCUT2D eigenvalue weighted by Gasteiger charge is -2.28. The third-order valence-corrected chi connectivity index (χ3v) is 3.22. The lowest BCUT2D eigenvalue weighted by Crippen LogP contribution is -2.36. The molecule has 1 aromatic carbocycles. The second-order valence-electron chi connectivity index (χ2n) is 5.17. The van der Waals surface area contributed by atoms with Gasteiger partial charge in [-0.25, -0.2) is 0 Å². The maximum Gasteiger partial charge on any atom is 0.309 e. The summed E-state index contributed by atoms with van der Waals surface area (Å²) < 4.78 is 10.6. The van der Waals surface area contributed by atoms with Crippen LogP contribution in [0, 0.1) is 0 Å². The molecule has 1 rings (SSSR count). The third kappa shape index (κ3) is 6.43. The Morgan fingerprint density at radius 2 is 1.57 bits per heavy atom. The van der Waals surface area contributed by atoms with Crippen LogP contribution in [0.4, 0.5) is 0 Å². The zero-order valence-corrected chi connectivity index (χ0v) is 13.1. The molecule has 0 saturated heterocycles. The normalized spacial score (nSPS) is 13.3. The number of rotatable bonds is 8. The molecule has 0 amide bonds. The van der Waals surface area contributed by atoms with Gasteiger partial charge in [0.05, 0.1) is 0 Å². The fourth-order valence-electron chi connectivity index (χ4n) is 1.84. The summed E-state index contributed by atoms with van der Waals surface area (Å²) in [6.07, 6.45) is 2.35. The molecule has 1 aromatic rings. The van der Waals surface area contributed by atoms with Crippen molar-refractivity contribution in [2.24, 2.45) is 0 Å². The van der Waals surface area contributed by atoms with Crippen molar-refractivity contribution in [2.75, 3.05) is 0 Å². The molecule has 1 atom stereocenters. The molecule has 116 valence electrons. The molecule has 0 radical (unpaired) electrons. The number of hydrogen-bond donors (Lipinski definition) is 0. The molecule has 0 aliphatic carbocycles. The van der Waals surface area contributed by atoms with Crippen molar-refractivity contribution in [3.63, 3.8) is 0 Å². The SMILES string of the molecule is CCCC(=O)OC(C)(CC)OC(=O)CCc1ccccc1. The summed E-state index contributed by atoms with van der Waals surface area (Å²) in [6, 6.07) is 9.73. The predicted octanol–water partition coefficient (Wildman–Crippen LogP) is 3.63. The van der Waals surface area contributed by atoms with E-state index < -0.39 is 5.79 Å². The lowest BCUT2D eigenvalue weighted by atomic mass is 10.1. The van der Waals surface area contributed by atoms with E-state index in [1.807, 2.05) is 44.2 Å². The first-order chi connectivity index (χ1) is 9.99. The van der Waals surface area contributed by atoms with E-state index in [4.69, 9.17) is 9.47 Å². The van der Waals surface area contributed by atoms with Gasteiger partial charge < -0.3 is 9.47 Å². The second-order valence-corrected chi connectivity index (χ2v) is 5.17. The average molecular weight is 292 g/mol. The van der Waals surface area contributed by atoms with Crippen molar-refractivity contribution < 1.29 is 19.1 Å². The van der Waals surface area contributed by atoms with E-state index in [0.717, 1.165) is 5.56 Å². The molecule has 0 aliphatic rings. The first kappa shape index (κ1) is 17.2. The standard InChI is InChI=1S/C17H24O4/c1-4-9-15(18)20-17(3,5-2)21-16(19)13-12-14-10-7-6-8-11-14/h6-8,10-11H,4-5,9,12-13H2,1-3H3. The van der Waals surface area contributed by atoms with Crippen molar-refractivity contribution >= 4 is 11.9 Å². The molecule has 1 unspecified atom stereocenters. The van der Waals surface area contributed by atoms with Crippen molar-refractivity contribution in [3.8, 4) is 0 Å². The highest BCUT2D eigenvalue weighted by molar-refractivity contribution is 5.72. The van der Waals surface area contributed by atoms with Gasteiger partial charge in [0.25, 0.3) is 5.79 Å². The van der Waals surface area contributed by atoms with Crippen LogP contribution < -0.4 is 0 Å². The Morgan fingerprint density at radius 1 is 1.00 bits per heavy atom. The molecular weight excluding hydrogens is 268 g/mol. The molecule has 0 aromatic heterocycles. The van der Waals surface area contributed by atoms with Gasteiger partial charge >= 0.3 is 11.9 Å². The Bertz CT molecular complexity index is 455. The van der Waals surface area contributed by atoms with Crippen LogP contribution in [0.3, 0.4) is 0 Å². The summed E-state index contributed by atoms with van der Waals surface area (Å²) >= 11 is 0. The van der Waals surface area contributed by atoms with Crippen LogP contribution in [0.25, 0.3) is 0 Å². The van der Waals surface area contributed by atoms with E-state index >= 15 is 0 Å². The minimum Gasteiger partial charge on any atom is -0.423 e. The molecule has 0 spiro atoms. The van der Waals surface area contributed by atoms with Gasteiger partial charge in [0.1, 0.15) is 0 Å². The Morgan fingerprint density at radius 3 is 2.10 bits per heavy atom. The maximum absolute atomic E-state index is 11.9. The largest absolute Gasteiger partial charge is 0.423 e. The summed E-state index contributed by atoms with van der Waals surface area (Å²) in [7, 11) is 0. The molecule has 4 heteroatoms. The highest BCUT2D eigenvalue weighted by atomic mass is 16.7. The van der Waals surface area contributed by atoms with Crippen LogP contribution in [-0.4, -0.2) is 17.7 Å². The highest BCUT2D eigenvalue weighted by Gasteiger charge is 2.30. The molecular formula is C17H24O4. The summed E-state index contributed by atoms with van der Waals surface area (Å²) in [5.41, 5.74) is 1.08. The van der Waals surface area contributed by atoms with Gasteiger partial charge in [-0.05, 0) is 18.4 Å². The van der Waals surface area contributed by atoms with Crippen molar-refractivity contribution in [1.82, 2.24) is 0 Å². The van der Waals surface area contributed by atoms with Gasteiger partial charge in [-0.1, -0.05) is 44.2 Å². The molecule has 4 nitrogen and oxygen atoms in total. The van der Waals surface area contributed by atoms with E-state index in [1.165, 1.54) is 0 Å². The van der Waals surface area contributed by atoms with Crippen LogP contribution in [0.5, 0.6) is 0 Å². The fourth-order valence-corrected chi connectivity index (χ4v) is 1.84. The van der Waals surface area contributed by atoms with Gasteiger partial charge in [-0.3, -0.25) is 9.59 Å². The van der Waals surface area contributed by atoms with E-state index in [0.29, 0.717) is 25.7 Å². The molecule has 0 heterocycles. The van der Waals surface area contributed by atoms with Gasteiger partial charge in [0.15, 0.2) is 0 Å². The number of hydrogen-bond acceptors (Lipinski definition) is 4. The summed E-state index contributed by atoms with van der Waals surface area (Å²) in [4.78, 5) is 23.5. The summed E-state index contributed by atoms with van der Waals surface area (Å²) in [5.74, 6) is -1.86. The summed E-state index contributed by atoms with van der Waals surface area (Å²) in [6.45, 7) is 5.35. The van der Waals surface area contributed by atoms with Gasteiger partial charge in [0.2, 0.25) is 0 Å². The molecule has 0 saturated carbocycles. The van der Waals surface area contributed by atoms with Crippen LogP contribution >= 0.6 is 0 Å². The quantitative estimate of drug-likeness (QED) is 0.542. The van der Waals surface area contributed by atoms with Crippen LogP contribution in [0.1, 0.15) is 52.0 Å². The van der Waals surface area contributed by atoms with Crippen molar-refractivity contribution in [1.29, 1.82) is 0 Å². The van der Waals surface area contributed by atoms with Gasteiger partial charge in [0, 0.05) is 26.2 Å². The number of carbonyl (C=O) groups is 2. The summed E-state index contributed by atoms with van der Waals surface area (Å²) in [5, 5.41) is 0. The Balaban J connectivity index is 2.48. The monoisotopic (exact) mass is 292 g/mol. The minimum absolute atomic E-state index is 0.269. The lowest BCUT2D eigenvalue weighted by molar-refractivity contribution is -0.223. The van der Waals surface area contributed by atoms with Gasteiger partial charge in [-0.15, -0.1) is 0 Å². The molecule has 21 heavy (non-hydrogen) atoms. The third-order valence-electron chi connectivity index (χ3n) is 3.22. The van der Waals surface area contributed by atoms with Crippen molar-refractivity contribution in [3.05, 3.63) is 35.9 Å². The predicted molar refractivity (Wildman–Crippen MR) is 80.6 cm³/mol. The van der Waals surface area contributed by atoms with Crippen molar-refractivity contribution in [2.45, 2.75) is 58.7 Å². The van der Waals surface area contributed by atoms with Crippen LogP contribution in [-0.2, 0) is 25.5 Å². The average Bonchev–Trinajstić information content (AvgIpc) is 2.46. The Hall–Kier alpha value is -1.84. The minimum atomic E-state index is -1.17. The number of benzene rings is 1. The van der Waals surface area contributed by atoms with E-state index in [2.05, 4.69) is 0 Å². The first-order valence-electron chi connectivity index (χ1n) is 7.46. The number of carbonyl (C=O) groups excluding carboxylic acids is 2. The zero-order valence-electron chi connectivity index (χ0n) is 13.1. The second kappa shape index (κ2) is 8.45. The number of ether oxygens (including phenoxy) is 2. The first-order valence-corrected chi connectivity index (χ1v) is 7.46. The molecule has 0 N–H and O–H groups in total. The fraction of sp³-hybridized carbons (Fsp3) is 0.529. The Kier molecular flexibility index (Phi) is 6.92. The maximum atomic E-state index is 11.9. The molecule has 0 fully saturated rings. The van der Waals surface area contributed by atoms with E-state index in [1.54, 1.807) is 6.92 Å². The highest BCUT2D eigenvalue weighted by Crippen LogP contribution is 2.20. The number of aryl methyl sites for hydroxylation is 1. The smallest absolute Gasteiger partial charge is 0.309 e. The Labute approximate surface area is 126 Å². The van der Waals surface area contributed by atoms with Gasteiger partial charge in [-0.2, -0.15) is 0 Å². The van der Waals surface area contributed by atoms with Crippen LogP contribution in [0.2, 0.25) is 0 Å². The zero-order chi connectivity index (χ0) is 15.7. The molecule has 0 aliphatic heterocycles. The number of esters is 2. The van der Waals surface area contributed by atoms with E-state index in [9.17, 15) is 9.59 Å². The topological polar surface area (TPSA) is 52.6 Å². The van der Waals surface area contributed by atoms with Crippen LogP contribution in [0.15, 0.2) is 30.3 Å². The molecule has 0 bridgehead atoms.